The van der Waals surface area contributed by atoms with Gasteiger partial charge in [0, 0.05) is 17.8 Å². The van der Waals surface area contributed by atoms with Crippen molar-refractivity contribution in [3.63, 3.8) is 0 Å². The summed E-state index contributed by atoms with van der Waals surface area (Å²) in [5.74, 6) is 0.728. The van der Waals surface area contributed by atoms with Gasteiger partial charge < -0.3 is 9.26 Å². The Kier molecular flexibility index (Phi) is 4.42. The summed E-state index contributed by atoms with van der Waals surface area (Å²) in [5, 5.41) is 4.63. The number of fused-ring (bicyclic) bond motifs is 2. The van der Waals surface area contributed by atoms with Crippen LogP contribution in [0.25, 0.3) is 11.0 Å². The molecule has 2 aromatic carbocycles. The molecule has 3 aromatic rings. The minimum atomic E-state index is -3.52. The van der Waals surface area contributed by atoms with Crippen LogP contribution in [0, 0.1) is 0 Å². The molecule has 0 aliphatic carbocycles. The first-order valence-electron chi connectivity index (χ1n) is 8.58. The number of nitrogens with zero attached hydrogens (tertiary/aromatic N) is 1. The molecule has 1 aromatic heterocycles. The van der Waals surface area contributed by atoms with Crippen LogP contribution in [-0.4, -0.2) is 26.2 Å². The van der Waals surface area contributed by atoms with E-state index in [1.54, 1.807) is 6.07 Å². The van der Waals surface area contributed by atoms with Crippen molar-refractivity contribution < 1.29 is 17.7 Å². The molecule has 0 amide bonds. The maximum absolute atomic E-state index is 12.5. The first-order valence-corrected chi connectivity index (χ1v) is 10.2. The topological polar surface area (TPSA) is 81.4 Å². The van der Waals surface area contributed by atoms with Gasteiger partial charge in [-0.1, -0.05) is 29.4 Å². The third kappa shape index (κ3) is 3.59. The number of rotatable bonds is 6. The van der Waals surface area contributed by atoms with Crippen molar-refractivity contribution in [1.29, 1.82) is 0 Å². The van der Waals surface area contributed by atoms with E-state index in [-0.39, 0.29) is 11.8 Å². The number of hydrogen-bond donors (Lipinski definition) is 1. The van der Waals surface area contributed by atoms with E-state index in [9.17, 15) is 8.42 Å². The minimum absolute atomic E-state index is 0.202. The Morgan fingerprint density at radius 3 is 2.96 bits per heavy atom. The fourth-order valence-corrected chi connectivity index (χ4v) is 4.68. The van der Waals surface area contributed by atoms with Crippen molar-refractivity contribution in [3.05, 3.63) is 59.3 Å². The van der Waals surface area contributed by atoms with Gasteiger partial charge in [0.2, 0.25) is 10.0 Å². The Morgan fingerprint density at radius 2 is 2.08 bits per heavy atom. The zero-order valence-electron chi connectivity index (χ0n) is 14.4. The van der Waals surface area contributed by atoms with E-state index in [1.807, 2.05) is 37.3 Å². The fourth-order valence-electron chi connectivity index (χ4n) is 3.33. The van der Waals surface area contributed by atoms with Crippen LogP contribution in [0.1, 0.15) is 23.7 Å². The van der Waals surface area contributed by atoms with Gasteiger partial charge in [-0.05, 0) is 42.7 Å². The summed E-state index contributed by atoms with van der Waals surface area (Å²) in [7, 11) is -3.52. The van der Waals surface area contributed by atoms with Gasteiger partial charge in [0.25, 0.3) is 0 Å². The predicted molar refractivity (Wildman–Crippen MR) is 98.6 cm³/mol. The molecule has 136 valence electrons. The number of para-hydroxylation sites is 1. The molecule has 0 saturated carbocycles. The van der Waals surface area contributed by atoms with Crippen LogP contribution < -0.4 is 9.46 Å². The molecule has 7 heteroatoms. The van der Waals surface area contributed by atoms with Gasteiger partial charge in [0.1, 0.15) is 17.2 Å². The van der Waals surface area contributed by atoms with Gasteiger partial charge in [0.05, 0.1) is 6.61 Å². The van der Waals surface area contributed by atoms with Gasteiger partial charge in [-0.25, -0.2) is 13.1 Å². The molecule has 0 saturated heterocycles. The summed E-state index contributed by atoms with van der Waals surface area (Å²) in [4.78, 5) is 0. The summed E-state index contributed by atoms with van der Waals surface area (Å²) in [6.07, 6.45) is 1.52. The van der Waals surface area contributed by atoms with Crippen molar-refractivity contribution in [3.8, 4) is 5.75 Å². The van der Waals surface area contributed by atoms with Crippen molar-refractivity contribution in [1.82, 2.24) is 9.88 Å². The van der Waals surface area contributed by atoms with Crippen LogP contribution >= 0.6 is 0 Å². The summed E-state index contributed by atoms with van der Waals surface area (Å²) < 4.78 is 38.5. The second kappa shape index (κ2) is 6.74. The molecule has 0 spiro atoms. The number of nitrogens with one attached hydrogen (secondary N) is 1. The molecular weight excluding hydrogens is 352 g/mol. The Morgan fingerprint density at radius 1 is 1.23 bits per heavy atom. The lowest BCUT2D eigenvalue weighted by atomic mass is 10.0. The normalized spacial score (nSPS) is 15.0. The van der Waals surface area contributed by atoms with E-state index in [0.717, 1.165) is 23.1 Å². The molecule has 0 unspecified atom stereocenters. The molecular formula is C19H20N2O4S. The Hall–Kier alpha value is -2.38. The number of benzene rings is 2. The average Bonchev–Trinajstić information content (AvgIpc) is 3.21. The number of sulfonamides is 1. The van der Waals surface area contributed by atoms with Crippen LogP contribution in [0.2, 0.25) is 0 Å². The van der Waals surface area contributed by atoms with Gasteiger partial charge in [-0.15, -0.1) is 0 Å². The van der Waals surface area contributed by atoms with Crippen LogP contribution in [-0.2, 0) is 28.6 Å². The smallest absolute Gasteiger partial charge is 0.217 e. The third-order valence-corrected chi connectivity index (χ3v) is 5.87. The van der Waals surface area contributed by atoms with E-state index >= 15 is 0 Å². The number of hydrogen-bond acceptors (Lipinski definition) is 5. The van der Waals surface area contributed by atoms with Crippen molar-refractivity contribution >= 4 is 21.0 Å². The first-order chi connectivity index (χ1) is 12.5. The van der Waals surface area contributed by atoms with Crippen LogP contribution in [0.15, 0.2) is 47.0 Å². The molecule has 2 heterocycles. The maximum Gasteiger partial charge on any atom is 0.217 e. The van der Waals surface area contributed by atoms with Gasteiger partial charge >= 0.3 is 0 Å². The minimum Gasteiger partial charge on any atom is -0.493 e. The van der Waals surface area contributed by atoms with Crippen LogP contribution in [0.5, 0.6) is 5.75 Å². The zero-order valence-corrected chi connectivity index (χ0v) is 15.3. The van der Waals surface area contributed by atoms with Crippen LogP contribution in [0.3, 0.4) is 0 Å². The zero-order chi connectivity index (χ0) is 18.1. The molecule has 1 aliphatic rings. The third-order valence-electron chi connectivity index (χ3n) is 4.46. The molecule has 0 bridgehead atoms. The van der Waals surface area contributed by atoms with E-state index in [2.05, 4.69) is 15.9 Å². The molecule has 1 N–H and O–H groups in total. The largest absolute Gasteiger partial charge is 0.493 e. The quantitative estimate of drug-likeness (QED) is 0.720. The summed E-state index contributed by atoms with van der Waals surface area (Å²) in [6.45, 7) is 2.58. The first kappa shape index (κ1) is 17.1. The second-order valence-corrected chi connectivity index (χ2v) is 8.40. The molecule has 1 atom stereocenters. The van der Waals surface area contributed by atoms with Crippen molar-refractivity contribution in [2.24, 2.45) is 0 Å². The van der Waals surface area contributed by atoms with Gasteiger partial charge in [0.15, 0.2) is 5.58 Å². The molecule has 0 fully saturated rings. The highest BCUT2D eigenvalue weighted by Gasteiger charge is 2.20. The molecule has 1 aliphatic heterocycles. The Balaban J connectivity index is 1.43. The predicted octanol–water partition coefficient (Wildman–Crippen LogP) is 2.81. The molecule has 0 radical (unpaired) electrons. The van der Waals surface area contributed by atoms with Gasteiger partial charge in [-0.2, -0.15) is 0 Å². The Bertz CT molecular complexity index is 1040. The van der Waals surface area contributed by atoms with Gasteiger partial charge in [-0.3, -0.25) is 0 Å². The van der Waals surface area contributed by atoms with E-state index in [1.165, 1.54) is 5.56 Å². The SMILES string of the molecule is C[C@H](Cc1ccc2c(c1)CCO2)NS(=O)(=O)Cc1noc2ccccc12. The summed E-state index contributed by atoms with van der Waals surface area (Å²) in [6, 6.07) is 13.1. The standard InChI is InChI=1S/C19H20N2O4S/c1-13(10-14-6-7-18-15(11-14)8-9-24-18)21-26(22,23)12-17-16-4-2-3-5-19(16)25-20-17/h2-7,11,13,21H,8-10,12H2,1H3/t13-/m1/s1. The lowest BCUT2D eigenvalue weighted by Gasteiger charge is -2.14. The van der Waals surface area contributed by atoms with E-state index in [0.29, 0.717) is 24.3 Å². The highest BCUT2D eigenvalue weighted by Crippen LogP contribution is 2.26. The van der Waals surface area contributed by atoms with Crippen molar-refractivity contribution in [2.75, 3.05) is 6.61 Å². The highest BCUT2D eigenvalue weighted by atomic mass is 32.2. The van der Waals surface area contributed by atoms with Crippen molar-refractivity contribution in [2.45, 2.75) is 31.6 Å². The average molecular weight is 372 g/mol. The fraction of sp³-hybridized carbons (Fsp3) is 0.316. The number of aromatic nitrogens is 1. The Labute approximate surface area is 152 Å². The highest BCUT2D eigenvalue weighted by molar-refractivity contribution is 7.88. The maximum atomic E-state index is 12.5. The summed E-state index contributed by atoms with van der Waals surface area (Å²) in [5.41, 5.74) is 3.30. The van der Waals surface area contributed by atoms with E-state index in [4.69, 9.17) is 9.26 Å². The molecule has 6 nitrogen and oxygen atoms in total. The van der Waals surface area contributed by atoms with Crippen LogP contribution in [0.4, 0.5) is 0 Å². The summed E-state index contributed by atoms with van der Waals surface area (Å²) >= 11 is 0. The monoisotopic (exact) mass is 372 g/mol. The lowest BCUT2D eigenvalue weighted by Crippen LogP contribution is -2.35. The molecule has 26 heavy (non-hydrogen) atoms. The number of ether oxygens (including phenoxy) is 1. The lowest BCUT2D eigenvalue weighted by molar-refractivity contribution is 0.357. The van der Waals surface area contributed by atoms with E-state index < -0.39 is 10.0 Å². The second-order valence-electron chi connectivity index (χ2n) is 6.65. The molecule has 4 rings (SSSR count).